The van der Waals surface area contributed by atoms with Crippen LogP contribution in [0, 0.1) is 0 Å². The topological polar surface area (TPSA) is 52.3 Å². The second-order valence-electron chi connectivity index (χ2n) is 2.66. The maximum absolute atomic E-state index is 10.7. The minimum Gasteiger partial charge on any atom is -0.450 e. The Morgan fingerprint density at radius 1 is 1.80 bits per heavy atom. The Kier molecular flexibility index (Phi) is 1.43. The minimum atomic E-state index is -0.457. The summed E-state index contributed by atoms with van der Waals surface area (Å²) in [6.07, 6.45) is 2.43. The van der Waals surface area contributed by atoms with Crippen molar-refractivity contribution in [3.8, 4) is 0 Å². The van der Waals surface area contributed by atoms with Crippen LogP contribution in [0.15, 0.2) is 11.8 Å². The molecule has 0 saturated carbocycles. The molecule has 0 bridgehead atoms. The number of rotatable bonds is 1. The Labute approximate surface area is 59.8 Å². The first-order valence-electron chi connectivity index (χ1n) is 3.29. The van der Waals surface area contributed by atoms with Gasteiger partial charge in [-0.1, -0.05) is 6.92 Å². The van der Waals surface area contributed by atoms with E-state index in [9.17, 15) is 4.79 Å². The lowest BCUT2D eigenvalue weighted by molar-refractivity contribution is -0.145. The van der Waals surface area contributed by atoms with E-state index < -0.39 is 11.6 Å². The number of carbonyl (C=O) groups is 1. The highest BCUT2D eigenvalue weighted by molar-refractivity contribution is 5.90. The van der Waals surface area contributed by atoms with Crippen molar-refractivity contribution in [3.05, 3.63) is 11.8 Å². The van der Waals surface area contributed by atoms with Crippen LogP contribution in [-0.2, 0) is 9.53 Å². The lowest BCUT2D eigenvalue weighted by Gasteiger charge is -2.17. The highest BCUT2D eigenvalue weighted by Gasteiger charge is 2.32. The number of carbonyl (C=O) groups excluding carboxylic acids is 1. The molecule has 3 nitrogen and oxygen atoms in total. The van der Waals surface area contributed by atoms with Crippen molar-refractivity contribution in [2.75, 3.05) is 0 Å². The van der Waals surface area contributed by atoms with Crippen LogP contribution in [0.5, 0.6) is 0 Å². The summed E-state index contributed by atoms with van der Waals surface area (Å²) in [5, 5.41) is 0. The van der Waals surface area contributed by atoms with Crippen LogP contribution in [0.25, 0.3) is 0 Å². The lowest BCUT2D eigenvalue weighted by Crippen LogP contribution is -2.22. The summed E-state index contributed by atoms with van der Waals surface area (Å²) in [6, 6.07) is 0. The van der Waals surface area contributed by atoms with E-state index >= 15 is 0 Å². The van der Waals surface area contributed by atoms with Crippen LogP contribution in [0.4, 0.5) is 0 Å². The normalized spacial score (nSPS) is 31.8. The summed E-state index contributed by atoms with van der Waals surface area (Å²) in [7, 11) is 0. The smallest absolute Gasteiger partial charge is 0.354 e. The molecule has 0 fully saturated rings. The standard InChI is InChI=1S/C7H11NO2/c1-3-7(2)4-5(8)6(9)10-7/h4H,3,8H2,1-2H3/t7-/m0/s1. The van der Waals surface area contributed by atoms with Crippen molar-refractivity contribution < 1.29 is 9.53 Å². The molecule has 0 radical (unpaired) electrons. The third-order valence-electron chi connectivity index (χ3n) is 1.72. The van der Waals surface area contributed by atoms with E-state index in [1.165, 1.54) is 0 Å². The molecule has 0 aromatic heterocycles. The summed E-state index contributed by atoms with van der Waals surface area (Å²) in [5.74, 6) is -0.399. The number of hydrogen-bond donors (Lipinski definition) is 1. The zero-order valence-electron chi connectivity index (χ0n) is 6.18. The fourth-order valence-electron chi connectivity index (χ4n) is 0.862. The van der Waals surface area contributed by atoms with Crippen molar-refractivity contribution in [3.63, 3.8) is 0 Å². The van der Waals surface area contributed by atoms with E-state index in [1.54, 1.807) is 6.08 Å². The van der Waals surface area contributed by atoms with Gasteiger partial charge in [-0.25, -0.2) is 4.79 Å². The Morgan fingerprint density at radius 2 is 2.40 bits per heavy atom. The number of nitrogens with two attached hydrogens (primary N) is 1. The van der Waals surface area contributed by atoms with Crippen molar-refractivity contribution in [2.45, 2.75) is 25.9 Å². The summed E-state index contributed by atoms with van der Waals surface area (Å²) >= 11 is 0. The van der Waals surface area contributed by atoms with Gasteiger partial charge >= 0.3 is 5.97 Å². The zero-order valence-corrected chi connectivity index (χ0v) is 6.18. The Balaban J connectivity index is 2.82. The molecule has 1 rings (SSSR count). The number of cyclic esters (lactones) is 1. The highest BCUT2D eigenvalue weighted by Crippen LogP contribution is 2.24. The van der Waals surface area contributed by atoms with Crippen LogP contribution < -0.4 is 5.73 Å². The van der Waals surface area contributed by atoms with E-state index in [1.807, 2.05) is 13.8 Å². The van der Waals surface area contributed by atoms with Gasteiger partial charge in [0.2, 0.25) is 0 Å². The second kappa shape index (κ2) is 2.01. The van der Waals surface area contributed by atoms with Crippen LogP contribution in [0.1, 0.15) is 20.3 Å². The van der Waals surface area contributed by atoms with Crippen LogP contribution >= 0.6 is 0 Å². The molecule has 0 saturated heterocycles. The van der Waals surface area contributed by atoms with Crippen molar-refractivity contribution in [1.29, 1.82) is 0 Å². The third kappa shape index (κ3) is 0.988. The lowest BCUT2D eigenvalue weighted by atomic mass is 10.0. The van der Waals surface area contributed by atoms with E-state index in [0.29, 0.717) is 0 Å². The van der Waals surface area contributed by atoms with Gasteiger partial charge in [-0.2, -0.15) is 0 Å². The first kappa shape index (κ1) is 7.12. The first-order valence-corrected chi connectivity index (χ1v) is 3.29. The molecule has 0 aromatic carbocycles. The predicted molar refractivity (Wildman–Crippen MR) is 37.1 cm³/mol. The molecule has 1 aliphatic heterocycles. The van der Waals surface area contributed by atoms with Gasteiger partial charge in [0, 0.05) is 0 Å². The number of hydrogen-bond acceptors (Lipinski definition) is 3. The first-order chi connectivity index (χ1) is 4.57. The molecule has 1 atom stereocenters. The van der Waals surface area contributed by atoms with Crippen LogP contribution in [0.3, 0.4) is 0 Å². The Morgan fingerprint density at radius 3 is 2.60 bits per heavy atom. The average Bonchev–Trinajstić information content (AvgIpc) is 2.10. The molecule has 1 aliphatic rings. The zero-order chi connectivity index (χ0) is 7.78. The summed E-state index contributed by atoms with van der Waals surface area (Å²) in [5.41, 5.74) is 5.09. The Hall–Kier alpha value is -0.990. The van der Waals surface area contributed by atoms with Gasteiger partial charge in [0.05, 0.1) is 0 Å². The summed E-state index contributed by atoms with van der Waals surface area (Å²) in [4.78, 5) is 10.7. The van der Waals surface area contributed by atoms with E-state index in [4.69, 9.17) is 10.5 Å². The minimum absolute atomic E-state index is 0.226. The molecule has 0 spiro atoms. The molecule has 0 unspecified atom stereocenters. The van der Waals surface area contributed by atoms with Gasteiger partial charge in [-0.15, -0.1) is 0 Å². The fourth-order valence-corrected chi connectivity index (χ4v) is 0.862. The maximum Gasteiger partial charge on any atom is 0.354 e. The van der Waals surface area contributed by atoms with Gasteiger partial charge < -0.3 is 10.5 Å². The van der Waals surface area contributed by atoms with E-state index in [-0.39, 0.29) is 5.70 Å². The molecule has 0 aliphatic carbocycles. The van der Waals surface area contributed by atoms with Gasteiger partial charge in [-0.3, -0.25) is 0 Å². The largest absolute Gasteiger partial charge is 0.450 e. The van der Waals surface area contributed by atoms with Gasteiger partial charge in [-0.05, 0) is 19.4 Å². The fraction of sp³-hybridized carbons (Fsp3) is 0.571. The van der Waals surface area contributed by atoms with Gasteiger partial charge in [0.25, 0.3) is 0 Å². The quantitative estimate of drug-likeness (QED) is 0.543. The van der Waals surface area contributed by atoms with Crippen molar-refractivity contribution in [2.24, 2.45) is 5.73 Å². The number of ether oxygens (including phenoxy) is 1. The van der Waals surface area contributed by atoms with Crippen molar-refractivity contribution in [1.82, 2.24) is 0 Å². The van der Waals surface area contributed by atoms with E-state index in [0.717, 1.165) is 6.42 Å². The summed E-state index contributed by atoms with van der Waals surface area (Å²) in [6.45, 7) is 3.78. The predicted octanol–water partition coefficient (Wildman–Crippen LogP) is 0.555. The highest BCUT2D eigenvalue weighted by atomic mass is 16.6. The van der Waals surface area contributed by atoms with Crippen LogP contribution in [0.2, 0.25) is 0 Å². The molecule has 0 amide bonds. The molecule has 10 heavy (non-hydrogen) atoms. The van der Waals surface area contributed by atoms with E-state index in [2.05, 4.69) is 0 Å². The van der Waals surface area contributed by atoms with Gasteiger partial charge in [0.1, 0.15) is 11.3 Å². The molecule has 1 heterocycles. The SMILES string of the molecule is CC[C@@]1(C)C=C(N)C(=O)O1. The number of esters is 1. The molecule has 2 N–H and O–H groups in total. The van der Waals surface area contributed by atoms with Crippen LogP contribution in [-0.4, -0.2) is 11.6 Å². The summed E-state index contributed by atoms with van der Waals surface area (Å²) < 4.78 is 4.95. The maximum atomic E-state index is 10.7. The molecular formula is C7H11NO2. The molecule has 0 aromatic rings. The third-order valence-corrected chi connectivity index (χ3v) is 1.72. The van der Waals surface area contributed by atoms with Crippen molar-refractivity contribution >= 4 is 5.97 Å². The molecular weight excluding hydrogens is 130 g/mol. The molecule has 3 heteroatoms. The second-order valence-corrected chi connectivity index (χ2v) is 2.66. The Bertz CT molecular complexity index is 198. The monoisotopic (exact) mass is 141 g/mol. The molecule has 56 valence electrons. The van der Waals surface area contributed by atoms with Gasteiger partial charge in [0.15, 0.2) is 0 Å². The average molecular weight is 141 g/mol.